The van der Waals surface area contributed by atoms with Gasteiger partial charge >= 0.3 is 0 Å². The fraction of sp³-hybridized carbons (Fsp3) is 0.0192. The number of nitrogens with zero attached hydrogens (tertiary/aromatic N) is 4. The summed E-state index contributed by atoms with van der Waals surface area (Å²) in [7, 11) is 0. The highest BCUT2D eigenvalue weighted by Gasteiger charge is 2.26. The molecule has 0 saturated heterocycles. The molecule has 1 aliphatic rings. The molecule has 0 amide bonds. The van der Waals surface area contributed by atoms with Gasteiger partial charge in [-0.1, -0.05) is 164 Å². The first-order valence-corrected chi connectivity index (χ1v) is 19.6. The molecule has 58 heavy (non-hydrogen) atoms. The molecule has 3 aromatic heterocycles. The first-order valence-electron chi connectivity index (χ1n) is 19.6. The maximum absolute atomic E-state index is 7.01. The van der Waals surface area contributed by atoms with E-state index in [1.807, 2.05) is 24.3 Å². The van der Waals surface area contributed by atoms with Crippen LogP contribution in [0.4, 0.5) is 0 Å². The highest BCUT2D eigenvalue weighted by Crippen LogP contribution is 2.44. The molecule has 0 saturated carbocycles. The second kappa shape index (κ2) is 12.9. The van der Waals surface area contributed by atoms with Crippen molar-refractivity contribution in [2.45, 2.75) is 6.17 Å². The van der Waals surface area contributed by atoms with Gasteiger partial charge < -0.3 is 9.73 Å². The van der Waals surface area contributed by atoms with Crippen LogP contribution in [0.1, 0.15) is 22.9 Å². The van der Waals surface area contributed by atoms with Gasteiger partial charge in [0.25, 0.3) is 0 Å². The zero-order chi connectivity index (χ0) is 38.2. The highest BCUT2D eigenvalue weighted by molar-refractivity contribution is 6.28. The van der Waals surface area contributed by atoms with Crippen molar-refractivity contribution in [1.29, 1.82) is 0 Å². The normalized spacial score (nSPS) is 13.4. The summed E-state index contributed by atoms with van der Waals surface area (Å²) in [6, 6.07) is 65.5. The number of aromatic nitrogens is 2. The Morgan fingerprint density at radius 2 is 1.05 bits per heavy atom. The third-order valence-corrected chi connectivity index (χ3v) is 11.5. The summed E-state index contributed by atoms with van der Waals surface area (Å²) in [5, 5.41) is 12.6. The number of rotatable bonds is 5. The van der Waals surface area contributed by atoms with E-state index in [4.69, 9.17) is 19.4 Å². The summed E-state index contributed by atoms with van der Waals surface area (Å²) in [6.45, 7) is 0. The van der Waals surface area contributed by atoms with Crippen molar-refractivity contribution in [2.75, 3.05) is 0 Å². The maximum Gasteiger partial charge on any atom is 0.213 e. The molecular formula is C52H33N5O. The summed E-state index contributed by atoms with van der Waals surface area (Å²) in [6.07, 6.45) is -0.475. The molecule has 0 atom stereocenters. The number of benzene rings is 8. The molecule has 0 radical (unpaired) electrons. The SMILES string of the molecule is c1ccc(-c2nc3ccccc3c3c2oc2c3c3ccccc3n2-c2ccc(C3N=C(c4cccc5ccccc45)NC(c4cccc5ccccc45)=N3)cc2)cc1. The zero-order valence-corrected chi connectivity index (χ0v) is 31.2. The number of nitrogens with one attached hydrogen (secondary N) is 1. The molecule has 0 aliphatic carbocycles. The Hall–Kier alpha value is -7.83. The van der Waals surface area contributed by atoms with E-state index in [9.17, 15) is 0 Å². The van der Waals surface area contributed by atoms with E-state index in [1.165, 1.54) is 0 Å². The first-order chi connectivity index (χ1) is 28.8. The van der Waals surface area contributed by atoms with Crippen LogP contribution in [-0.2, 0) is 0 Å². The van der Waals surface area contributed by atoms with Gasteiger partial charge in [0.05, 0.1) is 16.4 Å². The molecular weight excluding hydrogens is 711 g/mol. The van der Waals surface area contributed by atoms with Crippen LogP contribution in [0.15, 0.2) is 202 Å². The van der Waals surface area contributed by atoms with E-state index in [0.29, 0.717) is 0 Å². The number of para-hydroxylation sites is 2. The van der Waals surface area contributed by atoms with Gasteiger partial charge in [0.15, 0.2) is 11.7 Å². The standard InChI is InChI=1S/C52H33N5O/c1-2-16-34(17-3-1)47-48-45(41-22-8-10-26-43(41)53-47)46-42-23-9-11-27-44(42)57(52(46)58-48)36-30-28-35(29-31-36)49-54-50(39-24-12-18-32-14-4-6-20-37(32)39)56-51(55-49)40-25-13-19-33-15-5-7-21-38(33)40/h1-31,49H,(H,54,55,56). The molecule has 11 aromatic rings. The van der Waals surface area contributed by atoms with E-state index in [1.54, 1.807) is 0 Å². The number of hydrogen-bond donors (Lipinski definition) is 1. The molecule has 12 rings (SSSR count). The van der Waals surface area contributed by atoms with Gasteiger partial charge in [0.2, 0.25) is 5.71 Å². The van der Waals surface area contributed by atoms with Crippen molar-refractivity contribution < 1.29 is 4.42 Å². The lowest BCUT2D eigenvalue weighted by atomic mass is 10.0. The van der Waals surface area contributed by atoms with E-state index in [-0.39, 0.29) is 0 Å². The van der Waals surface area contributed by atoms with Crippen LogP contribution in [0.5, 0.6) is 0 Å². The Balaban J connectivity index is 1.04. The summed E-state index contributed by atoms with van der Waals surface area (Å²) >= 11 is 0. The molecule has 4 heterocycles. The number of furan rings is 1. The van der Waals surface area contributed by atoms with E-state index in [2.05, 4.69) is 174 Å². The lowest BCUT2D eigenvalue weighted by Crippen LogP contribution is -2.36. The van der Waals surface area contributed by atoms with Gasteiger partial charge in [0, 0.05) is 38.5 Å². The van der Waals surface area contributed by atoms with Gasteiger partial charge in [0.1, 0.15) is 17.4 Å². The van der Waals surface area contributed by atoms with E-state index < -0.39 is 6.17 Å². The molecule has 1 N–H and O–H groups in total. The molecule has 272 valence electrons. The van der Waals surface area contributed by atoms with Crippen LogP contribution < -0.4 is 5.32 Å². The predicted octanol–water partition coefficient (Wildman–Crippen LogP) is 12.5. The van der Waals surface area contributed by atoms with Crippen LogP contribution in [0, 0.1) is 0 Å². The Labute approximate surface area is 333 Å². The minimum atomic E-state index is -0.475. The highest BCUT2D eigenvalue weighted by atomic mass is 16.3. The largest absolute Gasteiger partial charge is 0.437 e. The number of hydrogen-bond acceptors (Lipinski definition) is 5. The number of aliphatic imine (C=N–C) groups is 2. The predicted molar refractivity (Wildman–Crippen MR) is 238 cm³/mol. The molecule has 0 fully saturated rings. The molecule has 6 nitrogen and oxygen atoms in total. The molecule has 0 bridgehead atoms. The Kier molecular flexibility index (Phi) is 7.19. The van der Waals surface area contributed by atoms with Crippen LogP contribution >= 0.6 is 0 Å². The van der Waals surface area contributed by atoms with Crippen LogP contribution in [0.25, 0.3) is 82.4 Å². The molecule has 0 unspecified atom stereocenters. The third kappa shape index (κ3) is 5.02. The minimum Gasteiger partial charge on any atom is -0.437 e. The summed E-state index contributed by atoms with van der Waals surface area (Å²) in [5.41, 5.74) is 9.48. The number of amidine groups is 2. The zero-order valence-electron chi connectivity index (χ0n) is 31.2. The lowest BCUT2D eigenvalue weighted by molar-refractivity contribution is 0.645. The van der Waals surface area contributed by atoms with Crippen molar-refractivity contribution in [3.63, 3.8) is 0 Å². The van der Waals surface area contributed by atoms with Gasteiger partial charge in [-0.2, -0.15) is 0 Å². The van der Waals surface area contributed by atoms with Crippen molar-refractivity contribution in [2.24, 2.45) is 9.98 Å². The second-order valence-electron chi connectivity index (χ2n) is 14.8. The van der Waals surface area contributed by atoms with Crippen molar-refractivity contribution in [1.82, 2.24) is 14.9 Å². The van der Waals surface area contributed by atoms with E-state index >= 15 is 0 Å². The van der Waals surface area contributed by atoms with Crippen LogP contribution in [-0.4, -0.2) is 21.2 Å². The number of fused-ring (bicyclic) bond motifs is 9. The quantitative estimate of drug-likeness (QED) is 0.191. The summed E-state index contributed by atoms with van der Waals surface area (Å²) in [5.74, 6) is 1.58. The van der Waals surface area contributed by atoms with Crippen molar-refractivity contribution >= 4 is 77.1 Å². The van der Waals surface area contributed by atoms with E-state index in [0.717, 1.165) is 111 Å². The summed E-state index contributed by atoms with van der Waals surface area (Å²) in [4.78, 5) is 15.8. The molecule has 0 spiro atoms. The third-order valence-electron chi connectivity index (χ3n) is 11.5. The van der Waals surface area contributed by atoms with Gasteiger partial charge in [-0.15, -0.1) is 0 Å². The van der Waals surface area contributed by atoms with Crippen molar-refractivity contribution in [3.05, 3.63) is 205 Å². The van der Waals surface area contributed by atoms with Crippen molar-refractivity contribution in [3.8, 4) is 16.9 Å². The fourth-order valence-electron chi connectivity index (χ4n) is 8.77. The monoisotopic (exact) mass is 743 g/mol. The van der Waals surface area contributed by atoms with Gasteiger partial charge in [-0.05, 0) is 51.4 Å². The average molecular weight is 744 g/mol. The van der Waals surface area contributed by atoms with Gasteiger partial charge in [-0.25, -0.2) is 15.0 Å². The second-order valence-corrected chi connectivity index (χ2v) is 14.8. The van der Waals surface area contributed by atoms with Gasteiger partial charge in [-0.3, -0.25) is 4.57 Å². The Morgan fingerprint density at radius 1 is 0.483 bits per heavy atom. The summed E-state index contributed by atoms with van der Waals surface area (Å²) < 4.78 is 9.24. The maximum atomic E-state index is 7.01. The topological polar surface area (TPSA) is 67.7 Å². The number of pyridine rings is 1. The lowest BCUT2D eigenvalue weighted by Gasteiger charge is -2.24. The Bertz CT molecular complexity index is 3380. The molecule has 1 aliphatic heterocycles. The average Bonchev–Trinajstić information content (AvgIpc) is 3.84. The minimum absolute atomic E-state index is 0.475. The smallest absolute Gasteiger partial charge is 0.213 e. The molecule has 6 heteroatoms. The fourth-order valence-corrected chi connectivity index (χ4v) is 8.77. The Morgan fingerprint density at radius 3 is 1.74 bits per heavy atom. The first kappa shape index (κ1) is 32.4. The van der Waals surface area contributed by atoms with Crippen LogP contribution in [0.2, 0.25) is 0 Å². The molecule has 8 aromatic carbocycles. The van der Waals surface area contributed by atoms with Crippen LogP contribution in [0.3, 0.4) is 0 Å².